The average Bonchev–Trinajstić information content (AvgIpc) is 2.46. The van der Waals surface area contributed by atoms with Crippen LogP contribution in [-0.2, 0) is 4.79 Å². The second kappa shape index (κ2) is 7.44. The molecule has 1 aromatic carbocycles. The number of hydrogen-bond donors (Lipinski definition) is 2. The normalized spacial score (nSPS) is 17.7. The molecule has 1 unspecified atom stereocenters. The molecule has 110 valence electrons. The molecule has 0 saturated heterocycles. The van der Waals surface area contributed by atoms with Crippen molar-refractivity contribution in [2.45, 2.75) is 57.9 Å². The smallest absolute Gasteiger partial charge is 0.224 e. The molecule has 1 aromatic rings. The molecule has 1 amide bonds. The Bertz CT molecular complexity index is 436. The van der Waals surface area contributed by atoms with Crippen molar-refractivity contribution >= 4 is 11.6 Å². The Balaban J connectivity index is 1.85. The van der Waals surface area contributed by atoms with Gasteiger partial charge in [0.15, 0.2) is 0 Å². The maximum absolute atomic E-state index is 12.1. The minimum atomic E-state index is -0.0650. The Morgan fingerprint density at radius 1 is 1.30 bits per heavy atom. The predicted molar refractivity (Wildman–Crippen MR) is 83.5 cm³/mol. The Labute approximate surface area is 121 Å². The van der Waals surface area contributed by atoms with Gasteiger partial charge in [0.2, 0.25) is 5.91 Å². The summed E-state index contributed by atoms with van der Waals surface area (Å²) >= 11 is 0. The van der Waals surface area contributed by atoms with Crippen LogP contribution in [0.5, 0.6) is 0 Å². The van der Waals surface area contributed by atoms with Crippen LogP contribution >= 0.6 is 0 Å². The van der Waals surface area contributed by atoms with Crippen molar-refractivity contribution in [1.82, 2.24) is 0 Å². The number of anilines is 1. The number of nitrogens with two attached hydrogens (primary N) is 1. The van der Waals surface area contributed by atoms with E-state index >= 15 is 0 Å². The minimum absolute atomic E-state index is 0.0650. The summed E-state index contributed by atoms with van der Waals surface area (Å²) in [4.78, 5) is 12.1. The van der Waals surface area contributed by atoms with Crippen LogP contribution in [0, 0.1) is 5.92 Å². The lowest BCUT2D eigenvalue weighted by Crippen LogP contribution is -2.17. The van der Waals surface area contributed by atoms with Crippen molar-refractivity contribution in [3.63, 3.8) is 0 Å². The highest BCUT2D eigenvalue weighted by molar-refractivity contribution is 5.91. The number of carbonyl (C=O) groups is 1. The summed E-state index contributed by atoms with van der Waals surface area (Å²) in [6, 6.07) is 7.72. The number of amides is 1. The quantitative estimate of drug-likeness (QED) is 0.852. The third-order valence-corrected chi connectivity index (χ3v) is 4.23. The van der Waals surface area contributed by atoms with Gasteiger partial charge in [-0.15, -0.1) is 0 Å². The van der Waals surface area contributed by atoms with Crippen molar-refractivity contribution < 1.29 is 4.79 Å². The van der Waals surface area contributed by atoms with Gasteiger partial charge in [0.05, 0.1) is 0 Å². The van der Waals surface area contributed by atoms with Gasteiger partial charge in [-0.25, -0.2) is 0 Å². The number of nitrogens with one attached hydrogen (secondary N) is 1. The molecule has 1 aliphatic carbocycles. The van der Waals surface area contributed by atoms with E-state index in [4.69, 9.17) is 5.73 Å². The molecular weight excluding hydrogens is 248 g/mol. The highest BCUT2D eigenvalue weighted by Crippen LogP contribution is 2.27. The molecule has 1 atom stereocenters. The van der Waals surface area contributed by atoms with Crippen LogP contribution in [0.1, 0.15) is 63.5 Å². The molecule has 3 heteroatoms. The van der Waals surface area contributed by atoms with Crippen molar-refractivity contribution in [1.29, 1.82) is 0 Å². The molecule has 20 heavy (non-hydrogen) atoms. The van der Waals surface area contributed by atoms with E-state index < -0.39 is 0 Å². The molecule has 0 heterocycles. The van der Waals surface area contributed by atoms with Crippen LogP contribution in [0.15, 0.2) is 24.3 Å². The maximum Gasteiger partial charge on any atom is 0.224 e. The molecule has 0 spiro atoms. The Kier molecular flexibility index (Phi) is 5.60. The second-order valence-corrected chi connectivity index (χ2v) is 5.97. The molecule has 0 bridgehead atoms. The summed E-state index contributed by atoms with van der Waals surface area (Å²) in [5.41, 5.74) is 7.79. The molecule has 3 nitrogen and oxygen atoms in total. The van der Waals surface area contributed by atoms with E-state index in [1.54, 1.807) is 0 Å². The molecular formula is C17H26N2O. The molecule has 1 fully saturated rings. The Hall–Kier alpha value is -1.35. The summed E-state index contributed by atoms with van der Waals surface area (Å²) in [7, 11) is 0. The van der Waals surface area contributed by atoms with E-state index in [2.05, 4.69) is 5.32 Å². The van der Waals surface area contributed by atoms with Gasteiger partial charge in [-0.05, 0) is 30.9 Å². The van der Waals surface area contributed by atoms with Gasteiger partial charge < -0.3 is 11.1 Å². The van der Waals surface area contributed by atoms with Crippen LogP contribution in [0.3, 0.4) is 0 Å². The fourth-order valence-electron chi connectivity index (χ4n) is 3.03. The molecule has 0 aliphatic heterocycles. The van der Waals surface area contributed by atoms with Gasteiger partial charge in [-0.2, -0.15) is 0 Å². The van der Waals surface area contributed by atoms with Gasteiger partial charge in [-0.3, -0.25) is 4.79 Å². The van der Waals surface area contributed by atoms with Gasteiger partial charge in [0.25, 0.3) is 0 Å². The number of hydrogen-bond acceptors (Lipinski definition) is 2. The van der Waals surface area contributed by atoms with Crippen LogP contribution in [0.2, 0.25) is 0 Å². The summed E-state index contributed by atoms with van der Waals surface area (Å²) in [6.45, 7) is 1.94. The van der Waals surface area contributed by atoms with E-state index in [0.29, 0.717) is 6.42 Å². The molecule has 2 rings (SSSR count). The Morgan fingerprint density at radius 2 is 2.00 bits per heavy atom. The zero-order valence-electron chi connectivity index (χ0n) is 12.4. The lowest BCUT2D eigenvalue weighted by Gasteiger charge is -2.21. The fourth-order valence-corrected chi connectivity index (χ4v) is 3.03. The largest absolute Gasteiger partial charge is 0.326 e. The number of para-hydroxylation sites is 1. The minimum Gasteiger partial charge on any atom is -0.326 e. The first kappa shape index (κ1) is 15.0. The summed E-state index contributed by atoms with van der Waals surface area (Å²) < 4.78 is 0. The van der Waals surface area contributed by atoms with E-state index in [1.807, 2.05) is 31.2 Å². The zero-order chi connectivity index (χ0) is 14.4. The van der Waals surface area contributed by atoms with E-state index in [9.17, 15) is 4.79 Å². The average molecular weight is 274 g/mol. The zero-order valence-corrected chi connectivity index (χ0v) is 12.4. The van der Waals surface area contributed by atoms with Gasteiger partial charge in [-0.1, -0.05) is 50.3 Å². The van der Waals surface area contributed by atoms with Gasteiger partial charge >= 0.3 is 0 Å². The lowest BCUT2D eigenvalue weighted by molar-refractivity contribution is -0.116. The highest BCUT2D eigenvalue weighted by Gasteiger charge is 2.15. The first-order valence-corrected chi connectivity index (χ1v) is 7.81. The SMILES string of the molecule is CC(N)c1ccccc1NC(=O)CCC1CCCCC1. The summed E-state index contributed by atoms with van der Waals surface area (Å²) in [6.07, 6.45) is 8.27. The lowest BCUT2D eigenvalue weighted by atomic mass is 9.86. The Morgan fingerprint density at radius 3 is 2.70 bits per heavy atom. The van der Waals surface area contributed by atoms with Crippen molar-refractivity contribution in [3.8, 4) is 0 Å². The number of benzene rings is 1. The summed E-state index contributed by atoms with van der Waals surface area (Å²) in [5.74, 6) is 0.863. The molecule has 1 aliphatic rings. The van der Waals surface area contributed by atoms with Crippen molar-refractivity contribution in [2.24, 2.45) is 11.7 Å². The molecule has 0 aromatic heterocycles. The van der Waals surface area contributed by atoms with Gasteiger partial charge in [0.1, 0.15) is 0 Å². The summed E-state index contributed by atoms with van der Waals surface area (Å²) in [5, 5.41) is 3.01. The highest BCUT2D eigenvalue weighted by atomic mass is 16.1. The third-order valence-electron chi connectivity index (χ3n) is 4.23. The first-order chi connectivity index (χ1) is 9.66. The van der Waals surface area contributed by atoms with E-state index in [0.717, 1.165) is 23.6 Å². The standard InChI is InChI=1S/C17H26N2O/c1-13(18)15-9-5-6-10-16(15)19-17(20)12-11-14-7-3-2-4-8-14/h5-6,9-10,13-14H,2-4,7-8,11-12,18H2,1H3,(H,19,20). The molecule has 0 radical (unpaired) electrons. The molecule has 1 saturated carbocycles. The van der Waals surface area contributed by atoms with E-state index in [-0.39, 0.29) is 11.9 Å². The van der Waals surface area contributed by atoms with Crippen molar-refractivity contribution in [2.75, 3.05) is 5.32 Å². The second-order valence-electron chi connectivity index (χ2n) is 5.97. The topological polar surface area (TPSA) is 55.1 Å². The molecule has 3 N–H and O–H groups in total. The fraction of sp³-hybridized carbons (Fsp3) is 0.588. The monoisotopic (exact) mass is 274 g/mol. The van der Waals surface area contributed by atoms with Crippen LogP contribution < -0.4 is 11.1 Å². The van der Waals surface area contributed by atoms with Crippen LogP contribution in [0.4, 0.5) is 5.69 Å². The number of rotatable bonds is 5. The maximum atomic E-state index is 12.1. The van der Waals surface area contributed by atoms with Crippen LogP contribution in [-0.4, -0.2) is 5.91 Å². The predicted octanol–water partition coefficient (Wildman–Crippen LogP) is 4.01. The number of carbonyl (C=O) groups excluding carboxylic acids is 1. The van der Waals surface area contributed by atoms with Crippen molar-refractivity contribution in [3.05, 3.63) is 29.8 Å². The first-order valence-electron chi connectivity index (χ1n) is 7.81. The third kappa shape index (κ3) is 4.34. The van der Waals surface area contributed by atoms with E-state index in [1.165, 1.54) is 32.1 Å². The van der Waals surface area contributed by atoms with Crippen LogP contribution in [0.25, 0.3) is 0 Å². The van der Waals surface area contributed by atoms with Gasteiger partial charge in [0, 0.05) is 18.2 Å².